The van der Waals surface area contributed by atoms with Crippen LogP contribution in [0.3, 0.4) is 0 Å². The number of rotatable bonds is 6. The standard InChI is InChI=1S/C23H27N3O5.CH3B/c1-13(23(30)31-4)24-21(28)14(2)26-12-20-18(9-6-10-19(20)22(26)29)16-7-5-8-17(11-16)25-15(3)27;1-2/h6,9-10,16-17H,1-2,5,7-8,11-12H2,3-4H3,(H,24,28)(H,25,27);1H3. The first-order valence-corrected chi connectivity index (χ1v) is 10.8. The van der Waals surface area contributed by atoms with Crippen molar-refractivity contribution in [3.63, 3.8) is 0 Å². The summed E-state index contributed by atoms with van der Waals surface area (Å²) < 4.78 is 4.52. The summed E-state index contributed by atoms with van der Waals surface area (Å²) in [4.78, 5) is 49.7. The molecule has 1 heterocycles. The van der Waals surface area contributed by atoms with Crippen LogP contribution in [0.4, 0.5) is 0 Å². The van der Waals surface area contributed by atoms with Gasteiger partial charge >= 0.3 is 5.97 Å². The van der Waals surface area contributed by atoms with E-state index in [1.165, 1.54) is 25.8 Å². The van der Waals surface area contributed by atoms with Crippen LogP contribution in [0.15, 0.2) is 42.8 Å². The molecule has 8 nitrogen and oxygen atoms in total. The third kappa shape index (κ3) is 5.91. The largest absolute Gasteiger partial charge is 0.464 e. The number of benzene rings is 1. The second-order valence-electron chi connectivity index (χ2n) is 7.90. The van der Waals surface area contributed by atoms with E-state index in [-0.39, 0.29) is 41.7 Å². The molecule has 33 heavy (non-hydrogen) atoms. The third-order valence-electron chi connectivity index (χ3n) is 5.81. The lowest BCUT2D eigenvalue weighted by molar-refractivity contribution is -0.137. The summed E-state index contributed by atoms with van der Waals surface area (Å²) in [6.45, 7) is 10.4. The van der Waals surface area contributed by atoms with Crippen LogP contribution in [0, 0.1) is 0 Å². The highest BCUT2D eigenvalue weighted by molar-refractivity contribution is 6.07. The maximum Gasteiger partial charge on any atom is 0.353 e. The summed E-state index contributed by atoms with van der Waals surface area (Å²) in [5.74, 6) is -1.60. The first-order chi connectivity index (χ1) is 15.7. The minimum absolute atomic E-state index is 0.0406. The van der Waals surface area contributed by atoms with Gasteiger partial charge in [-0.3, -0.25) is 19.3 Å². The quantitative estimate of drug-likeness (QED) is 0.393. The fourth-order valence-electron chi connectivity index (χ4n) is 4.35. The molecule has 1 aliphatic carbocycles. The van der Waals surface area contributed by atoms with Crippen LogP contribution < -0.4 is 10.6 Å². The molecule has 0 saturated heterocycles. The number of carbonyl (C=O) groups is 4. The number of hydrogen-bond donors (Lipinski definition) is 2. The maximum atomic E-state index is 13.0. The third-order valence-corrected chi connectivity index (χ3v) is 5.81. The summed E-state index contributed by atoms with van der Waals surface area (Å²) in [6, 6.07) is 5.72. The lowest BCUT2D eigenvalue weighted by Crippen LogP contribution is -2.36. The van der Waals surface area contributed by atoms with Crippen LogP contribution in [-0.2, 0) is 25.7 Å². The molecule has 1 aliphatic heterocycles. The molecule has 2 atom stereocenters. The van der Waals surface area contributed by atoms with E-state index in [4.69, 9.17) is 0 Å². The van der Waals surface area contributed by atoms with Crippen molar-refractivity contribution in [2.45, 2.75) is 57.9 Å². The SMILES string of the molecule is C=C(NC(=O)C(=C)N1Cc2c(cccc2C2CCCC(NC(C)=O)C2)C1=O)C(=O)OC.[B]C. The molecule has 1 aromatic rings. The van der Waals surface area contributed by atoms with Crippen molar-refractivity contribution in [1.82, 2.24) is 15.5 Å². The monoisotopic (exact) mass is 451 g/mol. The fourth-order valence-corrected chi connectivity index (χ4v) is 4.35. The summed E-state index contributed by atoms with van der Waals surface area (Å²) in [5.41, 5.74) is 2.18. The van der Waals surface area contributed by atoms with E-state index in [1.54, 1.807) is 6.07 Å². The van der Waals surface area contributed by atoms with Crippen molar-refractivity contribution >= 4 is 31.5 Å². The Bertz CT molecular complexity index is 975. The van der Waals surface area contributed by atoms with Gasteiger partial charge in [0.2, 0.25) is 5.91 Å². The Morgan fingerprint density at radius 3 is 2.52 bits per heavy atom. The summed E-state index contributed by atoms with van der Waals surface area (Å²) >= 11 is 0. The zero-order valence-electron chi connectivity index (χ0n) is 19.4. The molecule has 0 bridgehead atoms. The minimum atomic E-state index is -0.773. The number of amides is 3. The van der Waals surface area contributed by atoms with Gasteiger partial charge in [0, 0.05) is 18.5 Å². The van der Waals surface area contributed by atoms with Crippen LogP contribution >= 0.6 is 0 Å². The van der Waals surface area contributed by atoms with E-state index in [2.05, 4.69) is 36.4 Å². The topological polar surface area (TPSA) is 105 Å². The predicted octanol–water partition coefficient (Wildman–Crippen LogP) is 2.32. The number of nitrogens with zero attached hydrogens (tertiary/aromatic N) is 1. The van der Waals surface area contributed by atoms with E-state index < -0.39 is 11.9 Å². The van der Waals surface area contributed by atoms with Gasteiger partial charge in [-0.15, -0.1) is 0 Å². The molecule has 174 valence electrons. The summed E-state index contributed by atoms with van der Waals surface area (Å²) in [6.07, 6.45) is 3.71. The molecule has 2 aliphatic rings. The summed E-state index contributed by atoms with van der Waals surface area (Å²) in [7, 11) is 5.68. The average Bonchev–Trinajstić information content (AvgIpc) is 3.15. The van der Waals surface area contributed by atoms with Crippen LogP contribution in [0.5, 0.6) is 0 Å². The molecule has 1 aromatic carbocycles. The van der Waals surface area contributed by atoms with Gasteiger partial charge in [-0.1, -0.05) is 38.5 Å². The number of methoxy groups -OCH3 is 1. The van der Waals surface area contributed by atoms with Crippen molar-refractivity contribution in [2.75, 3.05) is 7.11 Å². The van der Waals surface area contributed by atoms with E-state index in [9.17, 15) is 19.2 Å². The fraction of sp³-hybridized carbons (Fsp3) is 0.417. The Morgan fingerprint density at radius 1 is 1.18 bits per heavy atom. The van der Waals surface area contributed by atoms with Crippen molar-refractivity contribution < 1.29 is 23.9 Å². The van der Waals surface area contributed by atoms with Gasteiger partial charge < -0.3 is 15.4 Å². The maximum absolute atomic E-state index is 13.0. The highest BCUT2D eigenvalue weighted by atomic mass is 16.5. The smallest absolute Gasteiger partial charge is 0.353 e. The average molecular weight is 451 g/mol. The van der Waals surface area contributed by atoms with Gasteiger partial charge in [-0.25, -0.2) is 4.79 Å². The van der Waals surface area contributed by atoms with Crippen LogP contribution in [0.1, 0.15) is 60.0 Å². The molecule has 0 spiro atoms. The molecule has 2 unspecified atom stereocenters. The minimum Gasteiger partial charge on any atom is -0.464 e. The molecule has 9 heteroatoms. The Labute approximate surface area is 195 Å². The van der Waals surface area contributed by atoms with Crippen LogP contribution in [-0.4, -0.2) is 49.6 Å². The highest BCUT2D eigenvalue weighted by Crippen LogP contribution is 2.39. The van der Waals surface area contributed by atoms with Gasteiger partial charge in [-0.2, -0.15) is 0 Å². The van der Waals surface area contributed by atoms with Gasteiger partial charge in [0.25, 0.3) is 11.8 Å². The number of esters is 1. The van der Waals surface area contributed by atoms with Gasteiger partial charge in [-0.05, 0) is 42.4 Å². The Hall–Kier alpha value is -3.36. The molecule has 2 N–H and O–H groups in total. The first-order valence-electron chi connectivity index (χ1n) is 10.8. The molecule has 0 aromatic heterocycles. The molecule has 2 radical (unpaired) electrons. The Morgan fingerprint density at radius 2 is 1.88 bits per heavy atom. The number of nitrogens with one attached hydrogen (secondary N) is 2. The van der Waals surface area contributed by atoms with Crippen molar-refractivity contribution in [2.24, 2.45) is 0 Å². The molecular weight excluding hydrogens is 421 g/mol. The molecule has 1 saturated carbocycles. The zero-order valence-corrected chi connectivity index (χ0v) is 19.4. The van der Waals surface area contributed by atoms with Crippen molar-refractivity contribution in [3.05, 3.63) is 59.4 Å². The Kier molecular flexibility index (Phi) is 9.02. The van der Waals surface area contributed by atoms with Gasteiger partial charge in [0.1, 0.15) is 11.4 Å². The number of hydrogen-bond acceptors (Lipinski definition) is 5. The van der Waals surface area contributed by atoms with Crippen LogP contribution in [0.2, 0.25) is 6.82 Å². The molecule has 3 amide bonds. The van der Waals surface area contributed by atoms with Gasteiger partial charge in [0.15, 0.2) is 0 Å². The van der Waals surface area contributed by atoms with Gasteiger partial charge in [0.05, 0.1) is 21.5 Å². The molecule has 3 rings (SSSR count). The molecular formula is C24H30BN3O5. The first kappa shape index (κ1) is 25.9. The predicted molar refractivity (Wildman–Crippen MR) is 125 cm³/mol. The number of carbonyl (C=O) groups excluding carboxylic acids is 4. The van der Waals surface area contributed by atoms with E-state index in [0.717, 1.165) is 36.8 Å². The van der Waals surface area contributed by atoms with E-state index >= 15 is 0 Å². The van der Waals surface area contributed by atoms with Crippen LogP contribution in [0.25, 0.3) is 0 Å². The molecule has 1 fully saturated rings. The lowest BCUT2D eigenvalue weighted by Gasteiger charge is -2.31. The summed E-state index contributed by atoms with van der Waals surface area (Å²) in [5, 5.41) is 5.32. The normalized spacial score (nSPS) is 18.9. The van der Waals surface area contributed by atoms with Crippen molar-refractivity contribution in [1.29, 1.82) is 0 Å². The zero-order chi connectivity index (χ0) is 24.7. The second-order valence-corrected chi connectivity index (χ2v) is 7.90. The number of ether oxygens (including phenoxy) is 1. The highest BCUT2D eigenvalue weighted by Gasteiger charge is 2.35. The van der Waals surface area contributed by atoms with E-state index in [1.807, 2.05) is 12.1 Å². The second kappa shape index (κ2) is 11.5. The Balaban J connectivity index is 0.00000187. The number of fused-ring (bicyclic) bond motifs is 1. The lowest BCUT2D eigenvalue weighted by atomic mass is 9.79. The van der Waals surface area contributed by atoms with Crippen molar-refractivity contribution in [3.8, 4) is 0 Å². The van der Waals surface area contributed by atoms with E-state index in [0.29, 0.717) is 5.56 Å².